The molecular weight excluding hydrogens is 434 g/mol. The second-order valence-corrected chi connectivity index (χ2v) is 7.32. The molecule has 2 N–H and O–H groups in total. The van der Waals surface area contributed by atoms with E-state index < -0.39 is 6.04 Å². The predicted octanol–water partition coefficient (Wildman–Crippen LogP) is 3.20. The summed E-state index contributed by atoms with van der Waals surface area (Å²) in [5.41, 5.74) is 3.63. The minimum Gasteiger partial charge on any atom is -0.463 e. The Bertz CT molecular complexity index is 1030. The SMILES string of the molecule is CCOC(=O)C1=C(c2ccccc2)NCNC1c1cnn(-c2ccc(Br)cc2)n1. The van der Waals surface area contributed by atoms with E-state index in [2.05, 4.69) is 36.8 Å². The monoisotopic (exact) mass is 453 g/mol. The number of nitrogens with zero attached hydrogens (tertiary/aromatic N) is 3. The van der Waals surface area contributed by atoms with Crippen molar-refractivity contribution in [3.63, 3.8) is 0 Å². The van der Waals surface area contributed by atoms with Gasteiger partial charge in [-0.3, -0.25) is 5.32 Å². The summed E-state index contributed by atoms with van der Waals surface area (Å²) < 4.78 is 6.33. The summed E-state index contributed by atoms with van der Waals surface area (Å²) in [7, 11) is 0. The highest BCUT2D eigenvalue weighted by Crippen LogP contribution is 2.30. The van der Waals surface area contributed by atoms with Gasteiger partial charge in [0.25, 0.3) is 0 Å². The number of carbonyl (C=O) groups excluding carboxylic acids is 1. The Morgan fingerprint density at radius 3 is 2.69 bits per heavy atom. The van der Waals surface area contributed by atoms with Crippen molar-refractivity contribution in [2.75, 3.05) is 13.3 Å². The molecule has 4 rings (SSSR count). The van der Waals surface area contributed by atoms with Crippen LogP contribution in [0, 0.1) is 0 Å². The zero-order valence-corrected chi connectivity index (χ0v) is 17.4. The van der Waals surface area contributed by atoms with Gasteiger partial charge in [0.05, 0.1) is 42.5 Å². The Hall–Kier alpha value is -2.97. The smallest absolute Gasteiger partial charge is 0.338 e. The normalized spacial score (nSPS) is 16.4. The van der Waals surface area contributed by atoms with Crippen LogP contribution < -0.4 is 10.6 Å². The van der Waals surface area contributed by atoms with Crippen LogP contribution in [0.5, 0.6) is 0 Å². The van der Waals surface area contributed by atoms with E-state index in [-0.39, 0.29) is 5.97 Å². The third kappa shape index (κ3) is 4.08. The lowest BCUT2D eigenvalue weighted by atomic mass is 9.96. The molecule has 29 heavy (non-hydrogen) atoms. The van der Waals surface area contributed by atoms with Crippen LogP contribution >= 0.6 is 15.9 Å². The zero-order chi connectivity index (χ0) is 20.2. The first-order valence-corrected chi connectivity index (χ1v) is 10.1. The van der Waals surface area contributed by atoms with Crippen LogP contribution in [0.2, 0.25) is 0 Å². The average Bonchev–Trinajstić information content (AvgIpc) is 3.24. The summed E-state index contributed by atoms with van der Waals surface area (Å²) >= 11 is 3.43. The number of halogens is 1. The van der Waals surface area contributed by atoms with Crippen molar-refractivity contribution in [1.82, 2.24) is 25.6 Å². The van der Waals surface area contributed by atoms with Crippen LogP contribution in [0.4, 0.5) is 0 Å². The fraction of sp³-hybridized carbons (Fsp3) is 0.190. The molecule has 0 bridgehead atoms. The van der Waals surface area contributed by atoms with Gasteiger partial charge in [-0.25, -0.2) is 4.79 Å². The Morgan fingerprint density at radius 2 is 1.97 bits per heavy atom. The van der Waals surface area contributed by atoms with Crippen molar-refractivity contribution in [3.05, 3.63) is 82.1 Å². The largest absolute Gasteiger partial charge is 0.463 e. The lowest BCUT2D eigenvalue weighted by Gasteiger charge is -2.28. The van der Waals surface area contributed by atoms with Gasteiger partial charge in [0, 0.05) is 4.47 Å². The Morgan fingerprint density at radius 1 is 1.21 bits per heavy atom. The Balaban J connectivity index is 1.75. The molecule has 148 valence electrons. The number of esters is 1. The van der Waals surface area contributed by atoms with Crippen molar-refractivity contribution < 1.29 is 9.53 Å². The molecule has 3 aromatic rings. The summed E-state index contributed by atoms with van der Waals surface area (Å²) in [5.74, 6) is -0.380. The summed E-state index contributed by atoms with van der Waals surface area (Å²) in [6, 6.07) is 17.0. The number of rotatable bonds is 5. The van der Waals surface area contributed by atoms with Crippen LogP contribution in [0.1, 0.15) is 24.2 Å². The van der Waals surface area contributed by atoms with Crippen LogP contribution in [0.25, 0.3) is 11.4 Å². The number of ether oxygens (including phenoxy) is 1. The summed E-state index contributed by atoms with van der Waals surface area (Å²) in [6.45, 7) is 2.58. The van der Waals surface area contributed by atoms with E-state index in [4.69, 9.17) is 4.74 Å². The van der Waals surface area contributed by atoms with Crippen molar-refractivity contribution in [3.8, 4) is 5.69 Å². The first-order valence-electron chi connectivity index (χ1n) is 9.29. The van der Waals surface area contributed by atoms with E-state index in [0.717, 1.165) is 21.4 Å². The number of nitrogens with one attached hydrogen (secondary N) is 2. The molecule has 7 nitrogen and oxygen atoms in total. The molecule has 1 aromatic heterocycles. The first kappa shape index (κ1) is 19.4. The number of hydrogen-bond acceptors (Lipinski definition) is 6. The molecule has 0 radical (unpaired) electrons. The maximum atomic E-state index is 12.9. The van der Waals surface area contributed by atoms with Crippen LogP contribution in [0.15, 0.2) is 70.8 Å². The standard InChI is InChI=1S/C21H20BrN5O2/c1-2-29-21(28)18-19(14-6-4-3-5-7-14)23-13-24-20(18)17-12-25-27(26-17)16-10-8-15(22)9-11-16/h3-12,20,23-24H,2,13H2,1H3. The summed E-state index contributed by atoms with van der Waals surface area (Å²) in [5, 5.41) is 15.6. The predicted molar refractivity (Wildman–Crippen MR) is 113 cm³/mol. The van der Waals surface area contributed by atoms with E-state index in [1.807, 2.05) is 54.6 Å². The van der Waals surface area contributed by atoms with E-state index >= 15 is 0 Å². The molecule has 1 aliphatic rings. The Labute approximate surface area is 176 Å². The number of aromatic nitrogens is 3. The molecule has 0 fully saturated rings. The fourth-order valence-corrected chi connectivity index (χ4v) is 3.50. The van der Waals surface area contributed by atoms with Gasteiger partial charge >= 0.3 is 5.97 Å². The van der Waals surface area contributed by atoms with Crippen molar-refractivity contribution in [2.45, 2.75) is 13.0 Å². The van der Waals surface area contributed by atoms with E-state index in [1.165, 1.54) is 0 Å². The molecule has 1 aliphatic heterocycles. The van der Waals surface area contributed by atoms with Gasteiger partial charge in [0.15, 0.2) is 0 Å². The minimum absolute atomic E-state index is 0.294. The summed E-state index contributed by atoms with van der Waals surface area (Å²) in [6.07, 6.45) is 1.67. The molecule has 0 amide bonds. The Kier molecular flexibility index (Phi) is 5.73. The van der Waals surface area contributed by atoms with Crippen LogP contribution in [-0.2, 0) is 9.53 Å². The maximum absolute atomic E-state index is 12.9. The highest BCUT2D eigenvalue weighted by molar-refractivity contribution is 9.10. The van der Waals surface area contributed by atoms with Gasteiger partial charge in [0.2, 0.25) is 0 Å². The molecule has 0 saturated heterocycles. The molecule has 1 atom stereocenters. The molecule has 1 unspecified atom stereocenters. The third-order valence-corrected chi connectivity index (χ3v) is 5.08. The maximum Gasteiger partial charge on any atom is 0.338 e. The molecule has 0 aliphatic carbocycles. The van der Waals surface area contributed by atoms with Crippen LogP contribution in [-0.4, -0.2) is 34.2 Å². The molecule has 2 aromatic carbocycles. The topological polar surface area (TPSA) is 81.1 Å². The second-order valence-electron chi connectivity index (χ2n) is 6.40. The van der Waals surface area contributed by atoms with E-state index in [0.29, 0.717) is 24.5 Å². The quantitative estimate of drug-likeness (QED) is 0.577. The average molecular weight is 454 g/mol. The molecular formula is C21H20BrN5O2. The second kappa shape index (κ2) is 8.59. The number of hydrogen-bond donors (Lipinski definition) is 2. The van der Waals surface area contributed by atoms with Gasteiger partial charge in [0.1, 0.15) is 5.69 Å². The number of carbonyl (C=O) groups is 1. The molecule has 0 spiro atoms. The van der Waals surface area contributed by atoms with Crippen LogP contribution in [0.3, 0.4) is 0 Å². The van der Waals surface area contributed by atoms with Gasteiger partial charge in [-0.15, -0.1) is 0 Å². The van der Waals surface area contributed by atoms with Crippen molar-refractivity contribution in [1.29, 1.82) is 0 Å². The first-order chi connectivity index (χ1) is 14.2. The van der Waals surface area contributed by atoms with Gasteiger partial charge < -0.3 is 10.1 Å². The summed E-state index contributed by atoms with van der Waals surface area (Å²) in [4.78, 5) is 14.4. The van der Waals surface area contributed by atoms with Gasteiger partial charge in [-0.2, -0.15) is 15.0 Å². The van der Waals surface area contributed by atoms with Gasteiger partial charge in [-0.1, -0.05) is 46.3 Å². The zero-order valence-electron chi connectivity index (χ0n) is 15.8. The van der Waals surface area contributed by atoms with E-state index in [9.17, 15) is 4.79 Å². The van der Waals surface area contributed by atoms with E-state index in [1.54, 1.807) is 17.9 Å². The number of benzene rings is 2. The lowest BCUT2D eigenvalue weighted by molar-refractivity contribution is -0.139. The third-order valence-electron chi connectivity index (χ3n) is 4.55. The molecule has 2 heterocycles. The van der Waals surface area contributed by atoms with Gasteiger partial charge in [-0.05, 0) is 36.8 Å². The fourth-order valence-electron chi connectivity index (χ4n) is 3.23. The van der Waals surface area contributed by atoms with Crippen molar-refractivity contribution >= 4 is 27.6 Å². The van der Waals surface area contributed by atoms with Crippen molar-refractivity contribution in [2.24, 2.45) is 0 Å². The molecule has 0 saturated carbocycles. The highest BCUT2D eigenvalue weighted by Gasteiger charge is 2.33. The molecule has 8 heteroatoms. The minimum atomic E-state index is -0.435. The lowest BCUT2D eigenvalue weighted by Crippen LogP contribution is -2.41. The highest BCUT2D eigenvalue weighted by atomic mass is 79.9.